The Kier molecular flexibility index (Phi) is 5.61. The van der Waals surface area contributed by atoms with Crippen LogP contribution in [0.2, 0.25) is 0 Å². The van der Waals surface area contributed by atoms with Gasteiger partial charge in [-0.1, -0.05) is 44.6 Å². The third-order valence-corrected chi connectivity index (χ3v) is 9.84. The van der Waals surface area contributed by atoms with Gasteiger partial charge in [-0.3, -0.25) is 0 Å². The van der Waals surface area contributed by atoms with Crippen molar-refractivity contribution in [1.82, 2.24) is 0 Å². The fourth-order valence-corrected chi connectivity index (χ4v) is 8.25. The van der Waals surface area contributed by atoms with Crippen molar-refractivity contribution < 1.29 is 10.2 Å². The summed E-state index contributed by atoms with van der Waals surface area (Å²) in [4.78, 5) is 0. The van der Waals surface area contributed by atoms with Crippen LogP contribution in [0.25, 0.3) is 0 Å². The Morgan fingerprint density at radius 3 is 2.62 bits per heavy atom. The molecular formula is C27H44O2. The molecule has 3 saturated carbocycles. The summed E-state index contributed by atoms with van der Waals surface area (Å²) >= 11 is 0. The predicted octanol–water partition coefficient (Wildman–Crippen LogP) is 6.28. The minimum absolute atomic E-state index is 0.105. The first-order valence-corrected chi connectivity index (χ1v) is 12.3. The van der Waals surface area contributed by atoms with Crippen molar-refractivity contribution in [3.05, 3.63) is 23.8 Å². The fraction of sp³-hybridized carbons (Fsp3) is 0.852. The van der Waals surface area contributed by atoms with Gasteiger partial charge in [0.1, 0.15) is 0 Å². The van der Waals surface area contributed by atoms with Crippen LogP contribution in [0.4, 0.5) is 0 Å². The molecule has 2 heteroatoms. The number of fused-ring (bicyclic) bond motifs is 5. The van der Waals surface area contributed by atoms with Gasteiger partial charge in [0, 0.05) is 0 Å². The topological polar surface area (TPSA) is 40.5 Å². The molecule has 2 N–H and O–H groups in total. The zero-order chi connectivity index (χ0) is 21.0. The summed E-state index contributed by atoms with van der Waals surface area (Å²) in [5.41, 5.74) is 1.79. The zero-order valence-electron chi connectivity index (χ0n) is 19.5. The molecule has 2 nitrogen and oxygen atoms in total. The Labute approximate surface area is 178 Å². The SMILES string of the molecule is C[C@H](C=CCC(C)(C)O)[C@H]1CC[C@H]2[C@@H]3CC=C4CC(O)CC[C@]4(C)[C@H]3CC[C@]12C. The van der Waals surface area contributed by atoms with E-state index in [2.05, 4.69) is 39.0 Å². The first kappa shape index (κ1) is 21.6. The molecule has 0 aromatic carbocycles. The lowest BCUT2D eigenvalue weighted by atomic mass is 9.47. The lowest BCUT2D eigenvalue weighted by Crippen LogP contribution is -2.50. The van der Waals surface area contributed by atoms with E-state index in [1.807, 2.05) is 13.8 Å². The highest BCUT2D eigenvalue weighted by Gasteiger charge is 2.58. The lowest BCUT2D eigenvalue weighted by molar-refractivity contribution is -0.0540. The van der Waals surface area contributed by atoms with Crippen LogP contribution in [0, 0.1) is 40.4 Å². The van der Waals surface area contributed by atoms with E-state index in [0.29, 0.717) is 16.7 Å². The van der Waals surface area contributed by atoms with E-state index < -0.39 is 5.60 Å². The largest absolute Gasteiger partial charge is 0.393 e. The Hall–Kier alpha value is -0.600. The van der Waals surface area contributed by atoms with Gasteiger partial charge in [-0.25, -0.2) is 0 Å². The molecular weight excluding hydrogens is 356 g/mol. The first-order valence-electron chi connectivity index (χ1n) is 12.3. The Balaban J connectivity index is 1.51. The number of aliphatic hydroxyl groups is 2. The van der Waals surface area contributed by atoms with Crippen molar-refractivity contribution in [2.75, 3.05) is 0 Å². The van der Waals surface area contributed by atoms with Gasteiger partial charge in [0.2, 0.25) is 0 Å². The summed E-state index contributed by atoms with van der Waals surface area (Å²) in [7, 11) is 0. The third kappa shape index (κ3) is 3.78. The van der Waals surface area contributed by atoms with E-state index in [1.54, 1.807) is 5.57 Å². The maximum atomic E-state index is 10.2. The molecule has 0 amide bonds. The fourth-order valence-electron chi connectivity index (χ4n) is 8.25. The average molecular weight is 401 g/mol. The molecule has 0 heterocycles. The van der Waals surface area contributed by atoms with Crippen molar-refractivity contribution >= 4 is 0 Å². The number of hydrogen-bond acceptors (Lipinski definition) is 2. The quantitative estimate of drug-likeness (QED) is 0.545. The average Bonchev–Trinajstić information content (AvgIpc) is 2.98. The highest BCUT2D eigenvalue weighted by atomic mass is 16.3. The predicted molar refractivity (Wildman–Crippen MR) is 120 cm³/mol. The number of allylic oxidation sites excluding steroid dienone is 2. The standard InChI is InChI=1S/C27H44O2/c1-18(7-6-14-25(2,3)29)22-10-11-23-21-9-8-19-17-20(28)12-15-26(19,4)24(21)13-16-27(22,23)5/h6-8,18,20-24,28-29H,9-17H2,1-5H3/t18-,20?,21+,22-,23+,24+,26+,27-/m1/s1. The zero-order valence-corrected chi connectivity index (χ0v) is 19.5. The van der Waals surface area contributed by atoms with Gasteiger partial charge in [0.15, 0.2) is 0 Å². The van der Waals surface area contributed by atoms with Gasteiger partial charge in [-0.15, -0.1) is 0 Å². The molecule has 0 aromatic rings. The van der Waals surface area contributed by atoms with E-state index in [1.165, 1.54) is 38.5 Å². The van der Waals surface area contributed by atoms with E-state index in [4.69, 9.17) is 0 Å². The second kappa shape index (κ2) is 7.52. The van der Waals surface area contributed by atoms with Gasteiger partial charge in [0.05, 0.1) is 11.7 Å². The molecule has 8 atom stereocenters. The summed E-state index contributed by atoms with van der Waals surface area (Å²) < 4.78 is 0. The van der Waals surface area contributed by atoms with Crippen LogP contribution in [0.1, 0.15) is 92.4 Å². The summed E-state index contributed by atoms with van der Waals surface area (Å²) in [6, 6.07) is 0. The van der Waals surface area contributed by atoms with Gasteiger partial charge < -0.3 is 10.2 Å². The van der Waals surface area contributed by atoms with Crippen molar-refractivity contribution in [3.63, 3.8) is 0 Å². The third-order valence-electron chi connectivity index (χ3n) is 9.84. The van der Waals surface area contributed by atoms with E-state index in [9.17, 15) is 10.2 Å². The smallest absolute Gasteiger partial charge is 0.0626 e. The second-order valence-corrected chi connectivity index (χ2v) is 12.2. The number of aliphatic hydroxyl groups excluding tert-OH is 1. The van der Waals surface area contributed by atoms with Crippen molar-refractivity contribution in [2.24, 2.45) is 40.4 Å². The lowest BCUT2D eigenvalue weighted by Gasteiger charge is -2.58. The maximum Gasteiger partial charge on any atom is 0.0626 e. The van der Waals surface area contributed by atoms with Crippen molar-refractivity contribution in [1.29, 1.82) is 0 Å². The number of rotatable bonds is 4. The van der Waals surface area contributed by atoms with E-state index in [-0.39, 0.29) is 6.10 Å². The molecule has 4 aliphatic carbocycles. The second-order valence-electron chi connectivity index (χ2n) is 12.2. The molecule has 0 spiro atoms. The summed E-state index contributed by atoms with van der Waals surface area (Å²) in [6.07, 6.45) is 17.7. The van der Waals surface area contributed by atoms with Gasteiger partial charge in [0.25, 0.3) is 0 Å². The van der Waals surface area contributed by atoms with Crippen LogP contribution in [0.15, 0.2) is 23.8 Å². The Morgan fingerprint density at radius 2 is 1.90 bits per heavy atom. The van der Waals surface area contributed by atoms with Gasteiger partial charge >= 0.3 is 0 Å². The highest BCUT2D eigenvalue weighted by molar-refractivity contribution is 5.25. The monoisotopic (exact) mass is 400 g/mol. The molecule has 4 rings (SSSR count). The molecule has 0 aromatic heterocycles. The van der Waals surface area contributed by atoms with Gasteiger partial charge in [-0.05, 0) is 112 Å². The van der Waals surface area contributed by atoms with Crippen LogP contribution in [0.3, 0.4) is 0 Å². The minimum Gasteiger partial charge on any atom is -0.393 e. The Bertz CT molecular complexity index is 671. The van der Waals surface area contributed by atoms with Crippen LogP contribution in [0.5, 0.6) is 0 Å². The molecule has 1 unspecified atom stereocenters. The molecule has 0 aliphatic heterocycles. The number of hydrogen-bond donors (Lipinski definition) is 2. The summed E-state index contributed by atoms with van der Waals surface area (Å²) in [6.45, 7) is 11.3. The highest BCUT2D eigenvalue weighted by Crippen LogP contribution is 2.67. The molecule has 4 aliphatic rings. The van der Waals surface area contributed by atoms with Crippen molar-refractivity contribution in [2.45, 2.75) is 104 Å². The van der Waals surface area contributed by atoms with Crippen LogP contribution in [-0.2, 0) is 0 Å². The summed E-state index contributed by atoms with van der Waals surface area (Å²) in [5.74, 6) is 3.90. The van der Waals surface area contributed by atoms with Crippen LogP contribution in [-0.4, -0.2) is 21.9 Å². The first-order chi connectivity index (χ1) is 13.5. The minimum atomic E-state index is -0.606. The van der Waals surface area contributed by atoms with Gasteiger partial charge in [-0.2, -0.15) is 0 Å². The van der Waals surface area contributed by atoms with E-state index in [0.717, 1.165) is 42.9 Å². The molecule has 0 radical (unpaired) electrons. The van der Waals surface area contributed by atoms with Crippen molar-refractivity contribution in [3.8, 4) is 0 Å². The summed E-state index contributed by atoms with van der Waals surface area (Å²) in [5, 5.41) is 20.2. The van der Waals surface area contributed by atoms with Crippen LogP contribution < -0.4 is 0 Å². The maximum absolute atomic E-state index is 10.2. The molecule has 3 fully saturated rings. The molecule has 29 heavy (non-hydrogen) atoms. The van der Waals surface area contributed by atoms with E-state index >= 15 is 0 Å². The Morgan fingerprint density at radius 1 is 1.14 bits per heavy atom. The normalized spacial score (nSPS) is 46.0. The molecule has 0 bridgehead atoms. The molecule has 0 saturated heterocycles. The molecule has 164 valence electrons. The van der Waals surface area contributed by atoms with Crippen LogP contribution >= 0.6 is 0 Å².